The third-order valence-electron chi connectivity index (χ3n) is 7.89. The van der Waals surface area contributed by atoms with Crippen LogP contribution in [0.15, 0.2) is 90.0 Å². The van der Waals surface area contributed by atoms with Gasteiger partial charge in [0, 0.05) is 47.7 Å². The minimum absolute atomic E-state index is 0.179. The summed E-state index contributed by atoms with van der Waals surface area (Å²) in [5.74, 6) is 1.22. The van der Waals surface area contributed by atoms with Crippen molar-refractivity contribution in [2.75, 3.05) is 17.2 Å². The summed E-state index contributed by atoms with van der Waals surface area (Å²) in [5.41, 5.74) is 5.58. The van der Waals surface area contributed by atoms with Crippen LogP contribution in [-0.2, 0) is 13.0 Å². The van der Waals surface area contributed by atoms with Gasteiger partial charge in [0.15, 0.2) is 0 Å². The Bertz CT molecular complexity index is 1850. The summed E-state index contributed by atoms with van der Waals surface area (Å²) in [6.07, 6.45) is 4.12. The number of urea groups is 1. The van der Waals surface area contributed by atoms with E-state index >= 15 is 0 Å². The smallest absolute Gasteiger partial charge is 0.323 e. The van der Waals surface area contributed by atoms with Crippen LogP contribution in [0.1, 0.15) is 70.2 Å². The fourth-order valence-corrected chi connectivity index (χ4v) is 5.74. The number of pyridine rings is 3. The van der Waals surface area contributed by atoms with Gasteiger partial charge in [-0.05, 0) is 70.8 Å². The van der Waals surface area contributed by atoms with Gasteiger partial charge in [0.25, 0.3) is 5.56 Å². The van der Waals surface area contributed by atoms with Crippen molar-refractivity contribution in [2.24, 2.45) is 5.92 Å². The molecule has 3 heterocycles. The Morgan fingerprint density at radius 3 is 2.17 bits per heavy atom. The number of hydrogen-bond donors (Lipinski definition) is 2. The van der Waals surface area contributed by atoms with Crippen molar-refractivity contribution in [3.8, 4) is 16.9 Å². The molecule has 5 aromatic rings. The van der Waals surface area contributed by atoms with Crippen LogP contribution in [-0.4, -0.2) is 27.2 Å². The fourth-order valence-electron chi connectivity index (χ4n) is 5.74. The molecule has 8 heteroatoms. The highest BCUT2D eigenvalue weighted by Crippen LogP contribution is 2.36. The van der Waals surface area contributed by atoms with Gasteiger partial charge in [-0.25, -0.2) is 9.78 Å². The Hall–Kier alpha value is -4.98. The minimum atomic E-state index is -0.476. The average molecular weight is 618 g/mol. The highest BCUT2D eigenvalue weighted by Gasteiger charge is 2.23. The SMILES string of the molecule is CC(C)Cn1c(=O)c(NC(=O)Nc2c(C(C)C)cccc2C(C)C)c(-c2cccc(OCCc3ccccn3)c2)c2cccnc21. The first-order valence-electron chi connectivity index (χ1n) is 16.0. The maximum absolute atomic E-state index is 14.3. The molecule has 8 nitrogen and oxygen atoms in total. The van der Waals surface area contributed by atoms with Gasteiger partial charge in [0.1, 0.15) is 17.1 Å². The molecule has 0 bridgehead atoms. The van der Waals surface area contributed by atoms with Gasteiger partial charge < -0.3 is 15.4 Å². The van der Waals surface area contributed by atoms with E-state index in [1.165, 1.54) is 0 Å². The second-order valence-electron chi connectivity index (χ2n) is 12.6. The van der Waals surface area contributed by atoms with Crippen molar-refractivity contribution < 1.29 is 9.53 Å². The molecule has 0 aliphatic carbocycles. The Kier molecular flexibility index (Phi) is 10.2. The first-order chi connectivity index (χ1) is 22.1. The molecule has 0 unspecified atom stereocenters. The summed E-state index contributed by atoms with van der Waals surface area (Å²) in [6, 6.07) is 22.8. The molecule has 0 aliphatic heterocycles. The lowest BCUT2D eigenvalue weighted by Crippen LogP contribution is -2.31. The second kappa shape index (κ2) is 14.4. The number of rotatable bonds is 11. The molecule has 0 saturated carbocycles. The summed E-state index contributed by atoms with van der Waals surface area (Å²) in [4.78, 5) is 37.2. The van der Waals surface area contributed by atoms with E-state index in [9.17, 15) is 9.59 Å². The molecule has 0 radical (unpaired) electrons. The van der Waals surface area contributed by atoms with Gasteiger partial charge in [-0.2, -0.15) is 0 Å². The Labute approximate surface area is 270 Å². The molecular formula is C38H43N5O3. The number of nitrogens with zero attached hydrogens (tertiary/aromatic N) is 3. The zero-order chi connectivity index (χ0) is 32.8. The number of ether oxygens (including phenoxy) is 1. The lowest BCUT2D eigenvalue weighted by molar-refractivity contribution is 0.262. The molecule has 46 heavy (non-hydrogen) atoms. The third-order valence-corrected chi connectivity index (χ3v) is 7.89. The van der Waals surface area contributed by atoms with E-state index in [1.807, 2.05) is 72.8 Å². The summed E-state index contributed by atoms with van der Waals surface area (Å²) >= 11 is 0. The standard InChI is InChI=1S/C38H43N5O3/c1-24(2)23-43-36-32(17-11-20-40-36)33(27-12-9-14-29(22-27)46-21-18-28-13-7-8-19-39-28)35(37(43)44)42-38(45)41-34-30(25(3)4)15-10-16-31(34)26(5)6/h7-17,19-20,22,24-26H,18,21,23H2,1-6H3,(H2,41,42,45). The topological polar surface area (TPSA) is 98.1 Å². The van der Waals surface area contributed by atoms with E-state index < -0.39 is 6.03 Å². The van der Waals surface area contributed by atoms with Crippen molar-refractivity contribution in [3.63, 3.8) is 0 Å². The Balaban J connectivity index is 1.58. The summed E-state index contributed by atoms with van der Waals surface area (Å²) in [5, 5.41) is 6.86. The molecule has 3 aromatic heterocycles. The highest BCUT2D eigenvalue weighted by atomic mass is 16.5. The predicted molar refractivity (Wildman–Crippen MR) is 187 cm³/mol. The van der Waals surface area contributed by atoms with Crippen molar-refractivity contribution >= 4 is 28.4 Å². The maximum Gasteiger partial charge on any atom is 0.323 e. The number of amides is 2. The van der Waals surface area contributed by atoms with E-state index in [2.05, 4.69) is 62.1 Å². The molecule has 2 aromatic carbocycles. The second-order valence-corrected chi connectivity index (χ2v) is 12.6. The first-order valence-corrected chi connectivity index (χ1v) is 16.0. The number of anilines is 2. The van der Waals surface area contributed by atoms with Crippen LogP contribution in [0, 0.1) is 5.92 Å². The number of carbonyl (C=O) groups excluding carboxylic acids is 1. The zero-order valence-corrected chi connectivity index (χ0v) is 27.5. The molecular weight excluding hydrogens is 574 g/mol. The quantitative estimate of drug-likeness (QED) is 0.155. The molecule has 2 N–H and O–H groups in total. The largest absolute Gasteiger partial charge is 0.493 e. The van der Waals surface area contributed by atoms with Crippen molar-refractivity contribution in [1.82, 2.24) is 14.5 Å². The number of hydrogen-bond acceptors (Lipinski definition) is 5. The van der Waals surface area contributed by atoms with Gasteiger partial charge in [-0.1, -0.05) is 77.9 Å². The van der Waals surface area contributed by atoms with Gasteiger partial charge in [0.05, 0.1) is 6.61 Å². The lowest BCUT2D eigenvalue weighted by atomic mass is 9.93. The summed E-state index contributed by atoms with van der Waals surface area (Å²) in [6.45, 7) is 13.4. The molecule has 0 fully saturated rings. The van der Waals surface area contributed by atoms with Crippen LogP contribution >= 0.6 is 0 Å². The van der Waals surface area contributed by atoms with E-state index in [-0.39, 0.29) is 29.0 Å². The number of nitrogens with one attached hydrogen (secondary N) is 2. The van der Waals surface area contributed by atoms with Crippen molar-refractivity contribution in [3.05, 3.63) is 112 Å². The van der Waals surface area contributed by atoms with Crippen molar-refractivity contribution in [2.45, 2.75) is 66.3 Å². The summed E-state index contributed by atoms with van der Waals surface area (Å²) in [7, 11) is 0. The molecule has 0 aliphatic rings. The fraction of sp³-hybridized carbons (Fsp3) is 0.316. The Morgan fingerprint density at radius 2 is 1.50 bits per heavy atom. The molecule has 2 amide bonds. The highest BCUT2D eigenvalue weighted by molar-refractivity contribution is 6.07. The lowest BCUT2D eigenvalue weighted by Gasteiger charge is -2.22. The van der Waals surface area contributed by atoms with E-state index in [4.69, 9.17) is 4.74 Å². The van der Waals surface area contributed by atoms with Crippen LogP contribution in [0.4, 0.5) is 16.2 Å². The van der Waals surface area contributed by atoms with Crippen LogP contribution in [0.2, 0.25) is 0 Å². The molecule has 0 saturated heterocycles. The van der Waals surface area contributed by atoms with Crippen LogP contribution in [0.3, 0.4) is 0 Å². The average Bonchev–Trinajstić information content (AvgIpc) is 3.03. The van der Waals surface area contributed by atoms with Crippen molar-refractivity contribution in [1.29, 1.82) is 0 Å². The van der Waals surface area contributed by atoms with Gasteiger partial charge in [-0.3, -0.25) is 14.3 Å². The van der Waals surface area contributed by atoms with Gasteiger partial charge in [-0.15, -0.1) is 0 Å². The molecule has 0 spiro atoms. The van der Waals surface area contributed by atoms with Crippen LogP contribution in [0.5, 0.6) is 5.75 Å². The maximum atomic E-state index is 14.3. The Morgan fingerprint density at radius 1 is 0.804 bits per heavy atom. The minimum Gasteiger partial charge on any atom is -0.493 e. The molecule has 238 valence electrons. The number of carbonyl (C=O) groups is 1. The van der Waals surface area contributed by atoms with Crippen LogP contribution < -0.4 is 20.9 Å². The normalized spacial score (nSPS) is 11.4. The van der Waals surface area contributed by atoms with Crippen LogP contribution in [0.25, 0.3) is 22.2 Å². The zero-order valence-electron chi connectivity index (χ0n) is 27.5. The number of aromatic nitrogens is 3. The number of benzene rings is 2. The monoisotopic (exact) mass is 617 g/mol. The predicted octanol–water partition coefficient (Wildman–Crippen LogP) is 8.63. The first kappa shape index (κ1) is 32.4. The summed E-state index contributed by atoms with van der Waals surface area (Å²) < 4.78 is 7.78. The number of para-hydroxylation sites is 1. The van der Waals surface area contributed by atoms with Gasteiger partial charge in [0.2, 0.25) is 0 Å². The number of fused-ring (bicyclic) bond motifs is 1. The molecule has 0 atom stereocenters. The van der Waals surface area contributed by atoms with E-state index in [1.54, 1.807) is 17.0 Å². The van der Waals surface area contributed by atoms with Gasteiger partial charge >= 0.3 is 6.03 Å². The molecule has 5 rings (SSSR count). The van der Waals surface area contributed by atoms with E-state index in [0.29, 0.717) is 36.5 Å². The van der Waals surface area contributed by atoms with E-state index in [0.717, 1.165) is 33.5 Å². The third kappa shape index (κ3) is 7.28.